The molecule has 10 heteroatoms. The number of carbonyl (C=O) groups is 2. The number of aromatic nitrogens is 5. The van der Waals surface area contributed by atoms with E-state index in [4.69, 9.17) is 0 Å². The van der Waals surface area contributed by atoms with Crippen molar-refractivity contribution in [2.24, 2.45) is 7.05 Å². The molecule has 4 rings (SSSR count). The number of hydrogen-bond donors (Lipinski definition) is 2. The van der Waals surface area contributed by atoms with Crippen molar-refractivity contribution in [3.8, 4) is 5.69 Å². The predicted octanol–water partition coefficient (Wildman–Crippen LogP) is 3.22. The molecular formula is C23H23N7O2S. The van der Waals surface area contributed by atoms with Crippen molar-refractivity contribution in [3.63, 3.8) is 0 Å². The van der Waals surface area contributed by atoms with Gasteiger partial charge in [-0.3, -0.25) is 9.59 Å². The van der Waals surface area contributed by atoms with E-state index in [0.29, 0.717) is 16.4 Å². The lowest BCUT2D eigenvalue weighted by atomic mass is 10.1. The zero-order valence-electron chi connectivity index (χ0n) is 18.2. The van der Waals surface area contributed by atoms with Gasteiger partial charge in [0.2, 0.25) is 5.91 Å². The lowest BCUT2D eigenvalue weighted by molar-refractivity contribution is -0.113. The molecule has 0 radical (unpaired) electrons. The molecule has 2 N–H and O–H groups in total. The minimum Gasteiger partial charge on any atom is -0.346 e. The van der Waals surface area contributed by atoms with Crippen LogP contribution < -0.4 is 10.6 Å². The second kappa shape index (κ2) is 10.1. The Bertz CT molecular complexity index is 1220. The third-order valence-electron chi connectivity index (χ3n) is 4.98. The van der Waals surface area contributed by atoms with Gasteiger partial charge in [-0.25, -0.2) is 4.98 Å². The Balaban J connectivity index is 1.29. The highest BCUT2D eigenvalue weighted by atomic mass is 32.2. The number of aryl methyl sites for hydroxylation is 1. The summed E-state index contributed by atoms with van der Waals surface area (Å²) in [5.41, 5.74) is 3.14. The molecule has 0 spiro atoms. The molecule has 0 bridgehead atoms. The van der Waals surface area contributed by atoms with Crippen LogP contribution in [0.2, 0.25) is 0 Å². The third-order valence-corrected chi connectivity index (χ3v) is 6.01. The van der Waals surface area contributed by atoms with E-state index in [9.17, 15) is 9.59 Å². The van der Waals surface area contributed by atoms with Gasteiger partial charge in [0.05, 0.1) is 18.1 Å². The summed E-state index contributed by atoms with van der Waals surface area (Å²) in [6, 6.07) is 14.6. The fraction of sp³-hybridized carbons (Fsp3) is 0.174. The molecule has 168 valence electrons. The number of hydrogen-bond acceptors (Lipinski definition) is 6. The van der Waals surface area contributed by atoms with Crippen molar-refractivity contribution >= 4 is 29.3 Å². The van der Waals surface area contributed by atoms with Gasteiger partial charge in [0.25, 0.3) is 5.91 Å². The van der Waals surface area contributed by atoms with Gasteiger partial charge in [-0.15, -0.1) is 10.2 Å². The van der Waals surface area contributed by atoms with Crippen LogP contribution in [0.15, 0.2) is 78.7 Å². The van der Waals surface area contributed by atoms with E-state index < -0.39 is 0 Å². The van der Waals surface area contributed by atoms with E-state index in [0.717, 1.165) is 11.3 Å². The second-order valence-corrected chi connectivity index (χ2v) is 8.34. The summed E-state index contributed by atoms with van der Waals surface area (Å²) in [5.74, 6) is -0.129. The van der Waals surface area contributed by atoms with Gasteiger partial charge in [-0.05, 0) is 48.9 Å². The van der Waals surface area contributed by atoms with E-state index in [1.165, 1.54) is 11.8 Å². The van der Waals surface area contributed by atoms with Gasteiger partial charge in [0, 0.05) is 36.4 Å². The van der Waals surface area contributed by atoms with Crippen LogP contribution in [-0.2, 0) is 11.8 Å². The average molecular weight is 462 g/mol. The summed E-state index contributed by atoms with van der Waals surface area (Å²) in [7, 11) is 1.82. The fourth-order valence-electron chi connectivity index (χ4n) is 3.15. The van der Waals surface area contributed by atoms with Crippen LogP contribution in [0.5, 0.6) is 0 Å². The number of anilines is 1. The van der Waals surface area contributed by atoms with E-state index in [-0.39, 0.29) is 23.6 Å². The molecule has 0 fully saturated rings. The SMILES string of the molecule is C[C@H](NC(=O)c1ccc(NC(=O)CSc2nncn2C)cc1)c1ccc(-n2ccnc2)cc1. The molecule has 9 nitrogen and oxygen atoms in total. The van der Waals surface area contributed by atoms with Crippen molar-refractivity contribution in [1.82, 2.24) is 29.6 Å². The molecule has 0 aliphatic heterocycles. The van der Waals surface area contributed by atoms with Crippen LogP contribution in [0.25, 0.3) is 5.69 Å². The molecule has 2 aromatic carbocycles. The molecule has 0 aliphatic rings. The molecule has 0 aliphatic carbocycles. The van der Waals surface area contributed by atoms with Gasteiger partial charge in [0.15, 0.2) is 5.16 Å². The normalized spacial score (nSPS) is 11.7. The first kappa shape index (κ1) is 22.3. The van der Waals surface area contributed by atoms with E-state index in [1.807, 2.05) is 49.0 Å². The van der Waals surface area contributed by atoms with E-state index >= 15 is 0 Å². The maximum absolute atomic E-state index is 12.7. The quantitative estimate of drug-likeness (QED) is 0.390. The highest BCUT2D eigenvalue weighted by Crippen LogP contribution is 2.18. The first-order valence-corrected chi connectivity index (χ1v) is 11.2. The van der Waals surface area contributed by atoms with Gasteiger partial charge < -0.3 is 19.8 Å². The van der Waals surface area contributed by atoms with Crippen LogP contribution in [-0.4, -0.2) is 41.9 Å². The topological polar surface area (TPSA) is 107 Å². The minimum absolute atomic E-state index is 0.159. The zero-order valence-corrected chi connectivity index (χ0v) is 19.0. The summed E-state index contributed by atoms with van der Waals surface area (Å²) in [4.78, 5) is 28.9. The molecule has 2 aromatic heterocycles. The Morgan fingerprint density at radius 3 is 2.45 bits per heavy atom. The number of rotatable bonds is 8. The highest BCUT2D eigenvalue weighted by molar-refractivity contribution is 7.99. The summed E-state index contributed by atoms with van der Waals surface area (Å²) >= 11 is 1.30. The maximum Gasteiger partial charge on any atom is 0.251 e. The van der Waals surface area contributed by atoms with Crippen LogP contribution in [0, 0.1) is 0 Å². The van der Waals surface area contributed by atoms with Crippen molar-refractivity contribution in [2.75, 3.05) is 11.1 Å². The van der Waals surface area contributed by atoms with Gasteiger partial charge in [-0.1, -0.05) is 23.9 Å². The Morgan fingerprint density at radius 2 is 1.82 bits per heavy atom. The van der Waals surface area contributed by atoms with Crippen molar-refractivity contribution in [1.29, 1.82) is 0 Å². The van der Waals surface area contributed by atoms with Crippen molar-refractivity contribution in [3.05, 3.63) is 84.7 Å². The predicted molar refractivity (Wildman–Crippen MR) is 126 cm³/mol. The molecular weight excluding hydrogens is 438 g/mol. The van der Waals surface area contributed by atoms with Crippen LogP contribution in [0.4, 0.5) is 5.69 Å². The molecule has 2 heterocycles. The summed E-state index contributed by atoms with van der Waals surface area (Å²) in [6.07, 6.45) is 6.93. The Hall–Kier alpha value is -3.92. The standard InChI is InChI=1S/C23H23N7O2S/c1-16(17-5-9-20(10-6-17)30-12-11-24-14-30)26-22(32)18-3-7-19(8-4-18)27-21(31)13-33-23-28-25-15-29(23)2/h3-12,14-16H,13H2,1-2H3,(H,26,32)(H,27,31)/t16-/m0/s1. The fourth-order valence-corrected chi connectivity index (χ4v) is 3.83. The van der Waals surface area contributed by atoms with Crippen molar-refractivity contribution < 1.29 is 9.59 Å². The summed E-state index contributed by atoms with van der Waals surface area (Å²) in [6.45, 7) is 1.94. The summed E-state index contributed by atoms with van der Waals surface area (Å²) in [5, 5.41) is 14.2. The molecule has 1 atom stereocenters. The lowest BCUT2D eigenvalue weighted by Crippen LogP contribution is -2.26. The number of amides is 2. The number of nitrogens with zero attached hydrogens (tertiary/aromatic N) is 5. The minimum atomic E-state index is -0.183. The largest absolute Gasteiger partial charge is 0.346 e. The number of nitrogens with one attached hydrogen (secondary N) is 2. The Morgan fingerprint density at radius 1 is 1.06 bits per heavy atom. The molecule has 33 heavy (non-hydrogen) atoms. The zero-order chi connectivity index (χ0) is 23.2. The number of thioether (sulfide) groups is 1. The van der Waals surface area contributed by atoms with Gasteiger partial charge in [0.1, 0.15) is 6.33 Å². The average Bonchev–Trinajstić information content (AvgIpc) is 3.50. The molecule has 2 amide bonds. The van der Waals surface area contributed by atoms with Gasteiger partial charge in [-0.2, -0.15) is 0 Å². The second-order valence-electron chi connectivity index (χ2n) is 7.40. The summed E-state index contributed by atoms with van der Waals surface area (Å²) < 4.78 is 3.67. The number of imidazole rings is 1. The first-order chi connectivity index (χ1) is 16.0. The van der Waals surface area contributed by atoms with Crippen LogP contribution >= 0.6 is 11.8 Å². The van der Waals surface area contributed by atoms with E-state index in [1.54, 1.807) is 47.7 Å². The Labute approximate surface area is 195 Å². The molecule has 4 aromatic rings. The molecule has 0 saturated carbocycles. The van der Waals surface area contributed by atoms with E-state index in [2.05, 4.69) is 25.8 Å². The maximum atomic E-state index is 12.7. The number of carbonyl (C=O) groups excluding carboxylic acids is 2. The third kappa shape index (κ3) is 5.66. The first-order valence-electron chi connectivity index (χ1n) is 10.3. The molecule has 0 saturated heterocycles. The highest BCUT2D eigenvalue weighted by Gasteiger charge is 2.13. The monoisotopic (exact) mass is 461 g/mol. The Kier molecular flexibility index (Phi) is 6.84. The van der Waals surface area contributed by atoms with Crippen LogP contribution in [0.3, 0.4) is 0 Å². The van der Waals surface area contributed by atoms with Crippen LogP contribution in [0.1, 0.15) is 28.9 Å². The number of benzene rings is 2. The lowest BCUT2D eigenvalue weighted by Gasteiger charge is -2.15. The van der Waals surface area contributed by atoms with Crippen molar-refractivity contribution in [2.45, 2.75) is 18.1 Å². The molecule has 0 unspecified atom stereocenters. The smallest absolute Gasteiger partial charge is 0.251 e. The van der Waals surface area contributed by atoms with Gasteiger partial charge >= 0.3 is 0 Å².